The van der Waals surface area contributed by atoms with Crippen LogP contribution >= 0.6 is 12.2 Å². The van der Waals surface area contributed by atoms with Crippen molar-refractivity contribution in [2.24, 2.45) is 0 Å². The van der Waals surface area contributed by atoms with Gasteiger partial charge in [-0.05, 0) is 66.2 Å². The van der Waals surface area contributed by atoms with E-state index in [9.17, 15) is 14.4 Å². The Labute approximate surface area is 203 Å². The Morgan fingerprint density at radius 3 is 2.35 bits per heavy atom. The molecule has 3 aromatic rings. The highest BCUT2D eigenvalue weighted by Crippen LogP contribution is 2.20. The van der Waals surface area contributed by atoms with Gasteiger partial charge in [0.05, 0.1) is 0 Å². The lowest BCUT2D eigenvalue weighted by Gasteiger charge is -2.12. The molecule has 0 aliphatic heterocycles. The summed E-state index contributed by atoms with van der Waals surface area (Å²) in [5.74, 6) is -0.640. The number of nitrogens with one attached hydrogen (secondary N) is 4. The van der Waals surface area contributed by atoms with E-state index in [-0.39, 0.29) is 30.5 Å². The number of carbonyl (C=O) groups excluding carboxylic acids is 3. The second-order valence-corrected chi connectivity index (χ2v) is 8.12. The van der Waals surface area contributed by atoms with Gasteiger partial charge in [0, 0.05) is 18.5 Å². The maximum Gasteiger partial charge on any atom is 0.264 e. The molecule has 0 bridgehead atoms. The molecule has 0 saturated heterocycles. The molecule has 0 radical (unpaired) electrons. The number of ether oxygens (including phenoxy) is 1. The van der Waals surface area contributed by atoms with Crippen LogP contribution in [-0.2, 0) is 14.4 Å². The summed E-state index contributed by atoms with van der Waals surface area (Å²) in [4.78, 5) is 36.1. The monoisotopic (exact) mass is 478 g/mol. The van der Waals surface area contributed by atoms with Crippen molar-refractivity contribution < 1.29 is 19.1 Å². The number of hydrogen-bond donors (Lipinski definition) is 4. The summed E-state index contributed by atoms with van der Waals surface area (Å²) >= 11 is 5.00. The molecule has 4 N–H and O–H groups in total. The highest BCUT2D eigenvalue weighted by molar-refractivity contribution is 7.80. The van der Waals surface area contributed by atoms with Crippen LogP contribution in [0.25, 0.3) is 10.8 Å². The minimum absolute atomic E-state index is 0.000383. The lowest BCUT2D eigenvalue weighted by Crippen LogP contribution is -2.49. The molecule has 0 aromatic heterocycles. The number of aryl methyl sites for hydroxylation is 2. The third-order valence-corrected chi connectivity index (χ3v) is 5.11. The average molecular weight is 479 g/mol. The first-order chi connectivity index (χ1) is 16.3. The van der Waals surface area contributed by atoms with Crippen LogP contribution in [0.2, 0.25) is 0 Å². The van der Waals surface area contributed by atoms with Crippen LogP contribution < -0.4 is 26.2 Å². The molecule has 0 heterocycles. The zero-order valence-electron chi connectivity index (χ0n) is 18.9. The van der Waals surface area contributed by atoms with E-state index in [1.54, 1.807) is 6.07 Å². The quantitative estimate of drug-likeness (QED) is 0.307. The molecule has 8 nitrogen and oxygen atoms in total. The number of benzene rings is 3. The third-order valence-electron chi connectivity index (χ3n) is 4.91. The van der Waals surface area contributed by atoms with E-state index >= 15 is 0 Å². The van der Waals surface area contributed by atoms with Crippen LogP contribution in [0.5, 0.6) is 5.75 Å². The molecular weight excluding hydrogens is 452 g/mol. The van der Waals surface area contributed by atoms with Gasteiger partial charge >= 0.3 is 0 Å². The van der Waals surface area contributed by atoms with Crippen molar-refractivity contribution in [2.75, 3.05) is 11.9 Å². The minimum atomic E-state index is -0.479. The molecule has 3 aromatic carbocycles. The van der Waals surface area contributed by atoms with E-state index in [0.29, 0.717) is 5.75 Å². The molecule has 0 aliphatic carbocycles. The molecule has 176 valence electrons. The smallest absolute Gasteiger partial charge is 0.264 e. The second-order valence-electron chi connectivity index (χ2n) is 7.71. The van der Waals surface area contributed by atoms with Crippen molar-refractivity contribution in [3.8, 4) is 5.75 Å². The van der Waals surface area contributed by atoms with Crippen molar-refractivity contribution >= 4 is 51.5 Å². The Bertz CT molecular complexity index is 1230. The van der Waals surface area contributed by atoms with Gasteiger partial charge in [-0.2, -0.15) is 0 Å². The standard InChI is InChI=1S/C25H26N4O4S/c1-16-7-8-17(2)21(13-16)26-22(30)11-12-23(31)28-29-25(34)27-24(32)15-33-20-10-9-18-5-3-4-6-19(18)14-20/h3-10,13-14H,11-12,15H2,1-2H3,(H,26,30)(H,28,31)(H2,27,29,32,34). The van der Waals surface area contributed by atoms with Crippen LogP contribution in [-0.4, -0.2) is 29.4 Å². The first kappa shape index (κ1) is 24.7. The molecular formula is C25H26N4O4S. The number of carbonyl (C=O) groups is 3. The number of thiocarbonyl (C=S) groups is 1. The van der Waals surface area contributed by atoms with Crippen molar-refractivity contribution in [2.45, 2.75) is 26.7 Å². The summed E-state index contributed by atoms with van der Waals surface area (Å²) in [5.41, 5.74) is 7.48. The second kappa shape index (κ2) is 11.8. The predicted octanol–water partition coefficient (Wildman–Crippen LogP) is 3.28. The normalized spacial score (nSPS) is 10.3. The van der Waals surface area contributed by atoms with Crippen molar-refractivity contribution in [3.05, 3.63) is 71.8 Å². The van der Waals surface area contributed by atoms with Crippen LogP contribution in [0.4, 0.5) is 5.69 Å². The van der Waals surface area contributed by atoms with E-state index in [4.69, 9.17) is 17.0 Å². The molecule has 34 heavy (non-hydrogen) atoms. The number of hydrogen-bond acceptors (Lipinski definition) is 5. The fourth-order valence-electron chi connectivity index (χ4n) is 3.10. The molecule has 0 saturated carbocycles. The fraction of sp³-hybridized carbons (Fsp3) is 0.200. The fourth-order valence-corrected chi connectivity index (χ4v) is 3.26. The Hall–Kier alpha value is -3.98. The maximum absolute atomic E-state index is 12.1. The van der Waals surface area contributed by atoms with Crippen LogP contribution in [0, 0.1) is 13.8 Å². The summed E-state index contributed by atoms with van der Waals surface area (Å²) in [6, 6.07) is 19.1. The van der Waals surface area contributed by atoms with Gasteiger partial charge in [-0.3, -0.25) is 30.6 Å². The lowest BCUT2D eigenvalue weighted by molar-refractivity contribution is -0.125. The molecule has 3 amide bonds. The first-order valence-electron chi connectivity index (χ1n) is 10.7. The van der Waals surface area contributed by atoms with Crippen LogP contribution in [0.3, 0.4) is 0 Å². The molecule has 0 aliphatic rings. The van der Waals surface area contributed by atoms with Crippen molar-refractivity contribution in [1.82, 2.24) is 16.2 Å². The van der Waals surface area contributed by atoms with Gasteiger partial charge in [0.1, 0.15) is 5.75 Å². The zero-order chi connectivity index (χ0) is 24.5. The largest absolute Gasteiger partial charge is 0.484 e. The summed E-state index contributed by atoms with van der Waals surface area (Å²) in [7, 11) is 0. The molecule has 9 heteroatoms. The van der Waals surface area contributed by atoms with Gasteiger partial charge in [-0.1, -0.05) is 42.5 Å². The Balaban J connectivity index is 1.34. The number of anilines is 1. The van der Waals surface area contributed by atoms with E-state index in [0.717, 1.165) is 27.6 Å². The SMILES string of the molecule is Cc1ccc(C)c(NC(=O)CCC(=O)NNC(=S)NC(=O)COc2ccc3ccccc3c2)c1. The molecule has 0 fully saturated rings. The Kier molecular flexibility index (Phi) is 8.53. The zero-order valence-corrected chi connectivity index (χ0v) is 19.8. The van der Waals surface area contributed by atoms with E-state index in [2.05, 4.69) is 21.5 Å². The van der Waals surface area contributed by atoms with Gasteiger partial charge in [0.25, 0.3) is 5.91 Å². The number of fused-ring (bicyclic) bond motifs is 1. The molecule has 0 unspecified atom stereocenters. The summed E-state index contributed by atoms with van der Waals surface area (Å²) in [6.07, 6.45) is -0.0506. The van der Waals surface area contributed by atoms with Crippen molar-refractivity contribution in [3.63, 3.8) is 0 Å². The van der Waals surface area contributed by atoms with Gasteiger partial charge in [0.15, 0.2) is 11.7 Å². The van der Waals surface area contributed by atoms with Gasteiger partial charge in [-0.15, -0.1) is 0 Å². The topological polar surface area (TPSA) is 109 Å². The van der Waals surface area contributed by atoms with Gasteiger partial charge in [-0.25, -0.2) is 0 Å². The minimum Gasteiger partial charge on any atom is -0.484 e. The molecule has 0 atom stereocenters. The van der Waals surface area contributed by atoms with Gasteiger partial charge < -0.3 is 10.1 Å². The number of rotatable bonds is 7. The van der Waals surface area contributed by atoms with Crippen molar-refractivity contribution in [1.29, 1.82) is 0 Å². The average Bonchev–Trinajstić information content (AvgIpc) is 2.82. The third kappa shape index (κ3) is 7.56. The summed E-state index contributed by atoms with van der Waals surface area (Å²) in [5, 5.41) is 7.20. The van der Waals surface area contributed by atoms with E-state index in [1.807, 2.05) is 68.4 Å². The summed E-state index contributed by atoms with van der Waals surface area (Å²) in [6.45, 7) is 3.59. The number of amides is 3. The first-order valence-corrected chi connectivity index (χ1v) is 11.1. The predicted molar refractivity (Wildman–Crippen MR) is 135 cm³/mol. The highest BCUT2D eigenvalue weighted by Gasteiger charge is 2.10. The van der Waals surface area contributed by atoms with E-state index in [1.165, 1.54) is 0 Å². The van der Waals surface area contributed by atoms with Crippen LogP contribution in [0.15, 0.2) is 60.7 Å². The lowest BCUT2D eigenvalue weighted by atomic mass is 10.1. The Morgan fingerprint density at radius 1 is 0.824 bits per heavy atom. The highest BCUT2D eigenvalue weighted by atomic mass is 32.1. The summed E-state index contributed by atoms with van der Waals surface area (Å²) < 4.78 is 5.50. The van der Waals surface area contributed by atoms with Crippen LogP contribution in [0.1, 0.15) is 24.0 Å². The van der Waals surface area contributed by atoms with E-state index < -0.39 is 11.8 Å². The van der Waals surface area contributed by atoms with Gasteiger partial charge in [0.2, 0.25) is 11.8 Å². The Morgan fingerprint density at radius 2 is 1.56 bits per heavy atom. The number of hydrazine groups is 1. The molecule has 0 spiro atoms. The molecule has 3 rings (SSSR count). The maximum atomic E-state index is 12.1.